The predicted octanol–water partition coefficient (Wildman–Crippen LogP) is 4.76. The van der Waals surface area contributed by atoms with E-state index in [0.717, 1.165) is 0 Å². The van der Waals surface area contributed by atoms with Crippen molar-refractivity contribution in [3.63, 3.8) is 0 Å². The third kappa shape index (κ3) is 3.30. The quantitative estimate of drug-likeness (QED) is 0.634. The van der Waals surface area contributed by atoms with E-state index in [4.69, 9.17) is 28.9 Å². The van der Waals surface area contributed by atoms with Gasteiger partial charge in [0.2, 0.25) is 0 Å². The summed E-state index contributed by atoms with van der Waals surface area (Å²) >= 11 is 15.4. The van der Waals surface area contributed by atoms with Gasteiger partial charge in [-0.2, -0.15) is 0 Å². The zero-order valence-electron chi connectivity index (χ0n) is 9.79. The van der Waals surface area contributed by atoms with Gasteiger partial charge in [-0.25, -0.2) is 0 Å². The van der Waals surface area contributed by atoms with Gasteiger partial charge in [-0.15, -0.1) is 0 Å². The van der Waals surface area contributed by atoms with Gasteiger partial charge in [0.1, 0.15) is 0 Å². The fourth-order valence-electron chi connectivity index (χ4n) is 1.71. The minimum atomic E-state index is -0.0677. The number of Topliss-reactive ketones (excluding diaryl/α,β-unsaturated/α-hetero) is 1. The fraction of sp³-hybridized carbons (Fsp3) is 0.0714. The summed E-state index contributed by atoms with van der Waals surface area (Å²) in [7, 11) is 0. The third-order valence-electron chi connectivity index (χ3n) is 2.69. The maximum Gasteiger partial charge on any atom is 0.168 e. The molecule has 2 aromatic rings. The largest absolute Gasteiger partial charge is 0.399 e. The topological polar surface area (TPSA) is 43.1 Å². The molecule has 0 atom stereocenters. The van der Waals surface area contributed by atoms with Crippen LogP contribution in [0, 0.1) is 0 Å². The fourth-order valence-corrected chi connectivity index (χ4v) is 2.86. The van der Waals surface area contributed by atoms with Crippen molar-refractivity contribution < 1.29 is 4.79 Å². The highest BCUT2D eigenvalue weighted by molar-refractivity contribution is 9.10. The van der Waals surface area contributed by atoms with Crippen LogP contribution in [-0.2, 0) is 6.42 Å². The van der Waals surface area contributed by atoms with Gasteiger partial charge in [0.25, 0.3) is 0 Å². The number of nitrogen functional groups attached to an aromatic ring is 1. The molecule has 0 spiro atoms. The molecular weight excluding hydrogens is 349 g/mol. The lowest BCUT2D eigenvalue weighted by atomic mass is 10.0. The lowest BCUT2D eigenvalue weighted by Crippen LogP contribution is -2.06. The van der Waals surface area contributed by atoms with Gasteiger partial charge in [-0.05, 0) is 51.8 Å². The first-order chi connectivity index (χ1) is 8.99. The molecule has 0 saturated heterocycles. The van der Waals surface area contributed by atoms with E-state index in [1.807, 2.05) is 0 Å². The first-order valence-corrected chi connectivity index (χ1v) is 7.05. The Balaban J connectivity index is 2.31. The maximum atomic E-state index is 12.3. The van der Waals surface area contributed by atoms with Gasteiger partial charge >= 0.3 is 0 Å². The summed E-state index contributed by atoms with van der Waals surface area (Å²) < 4.78 is 0.667. The zero-order valence-corrected chi connectivity index (χ0v) is 12.9. The van der Waals surface area contributed by atoms with Crippen molar-refractivity contribution in [1.82, 2.24) is 0 Å². The number of carbonyl (C=O) groups excluding carboxylic acids is 1. The first-order valence-electron chi connectivity index (χ1n) is 5.50. The second kappa shape index (κ2) is 5.95. The van der Waals surface area contributed by atoms with Crippen molar-refractivity contribution in [2.45, 2.75) is 6.42 Å². The average Bonchev–Trinajstić information content (AvgIpc) is 2.33. The summed E-state index contributed by atoms with van der Waals surface area (Å²) in [6.07, 6.45) is 0.154. The molecule has 5 heteroatoms. The number of halogens is 3. The molecule has 0 amide bonds. The Bertz CT molecular complexity index is 623. The first kappa shape index (κ1) is 14.4. The molecule has 19 heavy (non-hydrogen) atoms. The number of carbonyl (C=O) groups is 1. The van der Waals surface area contributed by atoms with Crippen LogP contribution >= 0.6 is 39.1 Å². The molecule has 0 heterocycles. The van der Waals surface area contributed by atoms with E-state index in [0.29, 0.717) is 31.3 Å². The Morgan fingerprint density at radius 2 is 1.79 bits per heavy atom. The predicted molar refractivity (Wildman–Crippen MR) is 83.1 cm³/mol. The smallest absolute Gasteiger partial charge is 0.168 e. The van der Waals surface area contributed by atoms with Crippen molar-refractivity contribution >= 4 is 50.6 Å². The highest BCUT2D eigenvalue weighted by Gasteiger charge is 2.15. The third-order valence-corrected chi connectivity index (χ3v) is 4.06. The van der Waals surface area contributed by atoms with E-state index < -0.39 is 0 Å². The Morgan fingerprint density at radius 1 is 1.16 bits per heavy atom. The Morgan fingerprint density at radius 3 is 2.37 bits per heavy atom. The van der Waals surface area contributed by atoms with Gasteiger partial charge in [-0.1, -0.05) is 29.3 Å². The van der Waals surface area contributed by atoms with Crippen LogP contribution in [0.3, 0.4) is 0 Å². The van der Waals surface area contributed by atoms with E-state index in [1.54, 1.807) is 36.4 Å². The SMILES string of the molecule is Nc1ccc(C(=O)Cc2c(Cl)cccc2Cl)c(Br)c1. The van der Waals surface area contributed by atoms with Crippen LogP contribution in [0.1, 0.15) is 15.9 Å². The van der Waals surface area contributed by atoms with E-state index >= 15 is 0 Å². The molecule has 2 rings (SSSR count). The summed E-state index contributed by atoms with van der Waals surface area (Å²) in [6, 6.07) is 10.3. The highest BCUT2D eigenvalue weighted by Crippen LogP contribution is 2.27. The van der Waals surface area contributed by atoms with Gasteiger partial charge in [0.15, 0.2) is 5.78 Å². The maximum absolute atomic E-state index is 12.3. The standard InChI is InChI=1S/C14H10BrCl2NO/c15-11-6-8(18)4-5-9(11)14(19)7-10-12(16)2-1-3-13(10)17/h1-6H,7,18H2. The van der Waals surface area contributed by atoms with E-state index in [-0.39, 0.29) is 12.2 Å². The molecule has 98 valence electrons. The molecule has 0 aliphatic heterocycles. The van der Waals surface area contributed by atoms with Gasteiger partial charge < -0.3 is 5.73 Å². The molecule has 0 saturated carbocycles. The highest BCUT2D eigenvalue weighted by atomic mass is 79.9. The zero-order chi connectivity index (χ0) is 14.0. The summed E-state index contributed by atoms with van der Waals surface area (Å²) in [5.74, 6) is -0.0677. The van der Waals surface area contributed by atoms with Crippen LogP contribution in [0.2, 0.25) is 10.0 Å². The molecule has 0 unspecified atom stereocenters. The average molecular weight is 359 g/mol. The summed E-state index contributed by atoms with van der Waals surface area (Å²) in [6.45, 7) is 0. The molecule has 2 N–H and O–H groups in total. The molecule has 0 fully saturated rings. The van der Waals surface area contributed by atoms with E-state index in [9.17, 15) is 4.79 Å². The Labute approximate surface area is 129 Å². The van der Waals surface area contributed by atoms with Gasteiger partial charge in [0, 0.05) is 32.2 Å². The van der Waals surface area contributed by atoms with Gasteiger partial charge in [-0.3, -0.25) is 4.79 Å². The van der Waals surface area contributed by atoms with Crippen LogP contribution in [0.25, 0.3) is 0 Å². The Hall–Kier alpha value is -1.03. The minimum Gasteiger partial charge on any atom is -0.399 e. The summed E-state index contributed by atoms with van der Waals surface area (Å²) in [4.78, 5) is 12.3. The van der Waals surface area contributed by atoms with E-state index in [2.05, 4.69) is 15.9 Å². The molecular formula is C14H10BrCl2NO. The van der Waals surface area contributed by atoms with Crippen molar-refractivity contribution in [1.29, 1.82) is 0 Å². The lowest BCUT2D eigenvalue weighted by molar-refractivity contribution is 0.0992. The molecule has 2 aromatic carbocycles. The van der Waals surface area contributed by atoms with Crippen LogP contribution in [-0.4, -0.2) is 5.78 Å². The molecule has 0 aliphatic carbocycles. The lowest BCUT2D eigenvalue weighted by Gasteiger charge is -2.08. The Kier molecular flexibility index (Phi) is 4.50. The number of rotatable bonds is 3. The number of nitrogens with two attached hydrogens (primary N) is 1. The minimum absolute atomic E-state index is 0.0677. The van der Waals surface area contributed by atoms with Crippen molar-refractivity contribution in [3.05, 3.63) is 62.0 Å². The molecule has 0 bridgehead atoms. The van der Waals surface area contributed by atoms with Crippen molar-refractivity contribution in [3.8, 4) is 0 Å². The second-order valence-electron chi connectivity index (χ2n) is 4.04. The number of benzene rings is 2. The normalized spacial score (nSPS) is 10.5. The number of hydrogen-bond donors (Lipinski definition) is 1. The van der Waals surface area contributed by atoms with Crippen molar-refractivity contribution in [2.24, 2.45) is 0 Å². The molecule has 0 aliphatic rings. The molecule has 0 aromatic heterocycles. The van der Waals surface area contributed by atoms with Crippen LogP contribution in [0.15, 0.2) is 40.9 Å². The van der Waals surface area contributed by atoms with Crippen LogP contribution in [0.5, 0.6) is 0 Å². The second-order valence-corrected chi connectivity index (χ2v) is 5.71. The number of anilines is 1. The van der Waals surface area contributed by atoms with Crippen molar-refractivity contribution in [2.75, 3.05) is 5.73 Å². The summed E-state index contributed by atoms with van der Waals surface area (Å²) in [5, 5.41) is 0.986. The number of ketones is 1. The van der Waals surface area contributed by atoms with E-state index in [1.165, 1.54) is 0 Å². The monoisotopic (exact) mass is 357 g/mol. The summed E-state index contributed by atoms with van der Waals surface area (Å²) in [5.41, 5.74) is 7.44. The molecule has 0 radical (unpaired) electrons. The number of hydrogen-bond acceptors (Lipinski definition) is 2. The molecule has 2 nitrogen and oxygen atoms in total. The van der Waals surface area contributed by atoms with Gasteiger partial charge in [0.05, 0.1) is 0 Å². The van der Waals surface area contributed by atoms with Crippen LogP contribution < -0.4 is 5.73 Å². The van der Waals surface area contributed by atoms with Crippen LogP contribution in [0.4, 0.5) is 5.69 Å².